The first-order chi connectivity index (χ1) is 63.9. The SMILES string of the molecule is CCCC[C@H]1C(=O)N(C)[C@@H](CCSC)C(=O)N[C@@H](CCCNC(=N)N)C(=O)NC(C(=O)NCC(N)=O)CSCC(=O)N[C@@H](Cc2ccc(O)cc2)C(=O)N(C)[C@@H](C)C(=O)N[C@@H](CC(N)=O)C(=O)N2CCC[C@H]2C(=O)N[C@@H](Cc2cnc[nH]2)C(=O)N[C@@H](CO)C(=O)N2C[C@H](O)CC2C(=O)N[C@@H](Cc2c[nH]c3ccccc23)C(=O)N[C@@H](CO)C(=O)N[C@@H](Cc2csc3ccccc23)C(=O)N1C. The Bertz CT molecular complexity index is 5200. The molecule has 44 nitrogen and oxygen atoms in total. The Kier molecular flexibility index (Phi) is 39.2. The van der Waals surface area contributed by atoms with Crippen LogP contribution < -0.4 is 75.7 Å². The molecule has 3 saturated heterocycles. The zero-order valence-electron chi connectivity index (χ0n) is 75.0. The van der Waals surface area contributed by atoms with Gasteiger partial charge in [0, 0.05) is 112 Å². The predicted molar refractivity (Wildman–Crippen MR) is 494 cm³/mol. The third-order valence-corrected chi connectivity index (χ3v) is 26.1. The van der Waals surface area contributed by atoms with E-state index in [-0.39, 0.29) is 94.5 Å². The Hall–Kier alpha value is -13.0. The minimum absolute atomic E-state index is 0.0206. The number of amides is 17. The van der Waals surface area contributed by atoms with Gasteiger partial charge < -0.3 is 131 Å². The number of likely N-dealkylation sites (N-methyl/N-ethyl adjacent to an activating group) is 3. The number of aliphatic hydroxyl groups is 3. The maximum Gasteiger partial charge on any atom is 0.248 e. The highest BCUT2D eigenvalue weighted by Crippen LogP contribution is 2.30. The summed E-state index contributed by atoms with van der Waals surface area (Å²) in [6.07, 6.45) is 2.49. The van der Waals surface area contributed by atoms with Crippen LogP contribution in [0.2, 0.25) is 0 Å². The van der Waals surface area contributed by atoms with E-state index in [4.69, 9.17) is 22.6 Å². The van der Waals surface area contributed by atoms with E-state index in [1.54, 1.807) is 60.3 Å². The number of hydrogen-bond donors (Lipinski definition) is 21. The van der Waals surface area contributed by atoms with Crippen LogP contribution in [-0.2, 0) is 107 Å². The number of unbranched alkanes of at least 4 members (excludes halogenated alkanes) is 1. The van der Waals surface area contributed by atoms with Crippen molar-refractivity contribution in [3.63, 3.8) is 0 Å². The Morgan fingerprint density at radius 3 is 1.84 bits per heavy atom. The Morgan fingerprint density at radius 1 is 0.582 bits per heavy atom. The average molecular weight is 1920 g/mol. The second kappa shape index (κ2) is 50.2. The molecule has 0 saturated carbocycles. The number of thioether (sulfide) groups is 2. The molecule has 3 aromatic carbocycles. The van der Waals surface area contributed by atoms with E-state index in [1.807, 2.05) is 13.0 Å². The number of thiophene rings is 1. The molecule has 2 unspecified atom stereocenters. The van der Waals surface area contributed by atoms with Crippen molar-refractivity contribution in [2.75, 3.05) is 84.1 Å². The summed E-state index contributed by atoms with van der Waals surface area (Å²) in [5.41, 5.74) is 19.0. The Labute approximate surface area is 784 Å². The molecule has 17 amide bonds. The van der Waals surface area contributed by atoms with E-state index in [2.05, 4.69) is 73.4 Å². The van der Waals surface area contributed by atoms with Crippen LogP contribution in [0.25, 0.3) is 21.0 Å². The van der Waals surface area contributed by atoms with Gasteiger partial charge in [-0.15, -0.1) is 23.1 Å². The van der Waals surface area contributed by atoms with Crippen LogP contribution in [0.1, 0.15) is 100 Å². The van der Waals surface area contributed by atoms with Crippen molar-refractivity contribution in [2.24, 2.45) is 17.2 Å². The summed E-state index contributed by atoms with van der Waals surface area (Å²) in [7, 11) is 3.86. The highest BCUT2D eigenvalue weighted by molar-refractivity contribution is 8.00. The third kappa shape index (κ3) is 28.8. The van der Waals surface area contributed by atoms with Crippen LogP contribution in [0, 0.1) is 5.41 Å². The fourth-order valence-corrected chi connectivity index (χ4v) is 18.3. The van der Waals surface area contributed by atoms with Crippen LogP contribution in [0.3, 0.4) is 0 Å². The third-order valence-electron chi connectivity index (χ3n) is 23.4. The fourth-order valence-electron chi connectivity index (χ4n) is 16.0. The highest BCUT2D eigenvalue weighted by atomic mass is 32.2. The minimum Gasteiger partial charge on any atom is -0.508 e. The van der Waals surface area contributed by atoms with E-state index in [9.17, 15) is 73.2 Å². The van der Waals surface area contributed by atoms with Gasteiger partial charge in [0.05, 0.1) is 44.4 Å². The van der Waals surface area contributed by atoms with Crippen molar-refractivity contribution in [3.05, 3.63) is 119 Å². The molecule has 0 bridgehead atoms. The molecule has 0 radical (unpaired) electrons. The quantitative estimate of drug-likeness (QED) is 0.0145. The molecule has 3 aliphatic heterocycles. The summed E-state index contributed by atoms with van der Waals surface area (Å²) in [6, 6.07) is -3.11. The highest BCUT2D eigenvalue weighted by Gasteiger charge is 2.47. The first-order valence-corrected chi connectivity index (χ1v) is 47.1. The zero-order chi connectivity index (χ0) is 97.7. The lowest BCUT2D eigenvalue weighted by Gasteiger charge is -2.36. The lowest BCUT2D eigenvalue weighted by atomic mass is 10.0. The number of phenols is 1. The van der Waals surface area contributed by atoms with Crippen molar-refractivity contribution >= 4 is 162 Å². The average Bonchev–Trinajstić information content (AvgIpc) is 1.67. The number of nitrogens with two attached hydrogens (primary N) is 3. The van der Waals surface area contributed by atoms with Crippen molar-refractivity contribution in [2.45, 2.75) is 194 Å². The number of H-pyrrole nitrogens is 2. The van der Waals surface area contributed by atoms with E-state index in [0.717, 1.165) is 41.0 Å². The molecule has 0 aliphatic carbocycles. The van der Waals surface area contributed by atoms with Gasteiger partial charge in [0.2, 0.25) is 100 Å². The molecule has 726 valence electrons. The molecule has 15 atom stereocenters. The first kappa shape index (κ1) is 105. The molecular weight excluding hydrogens is 1800 g/mol. The number of aromatic amines is 2. The van der Waals surface area contributed by atoms with Crippen LogP contribution in [0.15, 0.2) is 96.9 Å². The number of aromatic hydroxyl groups is 1. The molecular formula is C87H119N23O21S3. The molecule has 24 N–H and O–H groups in total. The number of imidazole rings is 1. The number of fused-ring (bicyclic) bond motifs is 4. The molecule has 47 heteroatoms. The number of rotatable bonds is 25. The smallest absolute Gasteiger partial charge is 0.248 e. The molecule has 134 heavy (non-hydrogen) atoms. The van der Waals surface area contributed by atoms with E-state index < -0.39 is 248 Å². The van der Waals surface area contributed by atoms with Gasteiger partial charge in [0.15, 0.2) is 5.96 Å². The molecule has 3 fully saturated rings. The van der Waals surface area contributed by atoms with Crippen LogP contribution in [0.4, 0.5) is 0 Å². The number of carbonyl (C=O) groups excluding carboxylic acids is 17. The second-order valence-electron chi connectivity index (χ2n) is 33.1. The van der Waals surface area contributed by atoms with Crippen molar-refractivity contribution in [1.82, 2.24) is 97.9 Å². The minimum atomic E-state index is -1.92. The number of nitrogens with zero attached hydrogens (tertiary/aromatic N) is 6. The normalized spacial score (nSPS) is 24.8. The first-order valence-electron chi connectivity index (χ1n) is 43.7. The summed E-state index contributed by atoms with van der Waals surface area (Å²) in [5.74, 6) is -18.3. The van der Waals surface area contributed by atoms with Gasteiger partial charge >= 0.3 is 0 Å². The van der Waals surface area contributed by atoms with Gasteiger partial charge in [-0.05, 0) is 109 Å². The number of para-hydroxylation sites is 1. The Balaban J connectivity index is 1.09. The number of carbonyl (C=O) groups is 17. The molecule has 3 aromatic heterocycles. The molecule has 9 rings (SSSR count). The topological polar surface area (TPSA) is 666 Å². The van der Waals surface area contributed by atoms with Crippen LogP contribution in [0.5, 0.6) is 5.75 Å². The lowest BCUT2D eigenvalue weighted by Crippen LogP contribution is -2.62. The van der Waals surface area contributed by atoms with Crippen LogP contribution >= 0.6 is 34.9 Å². The van der Waals surface area contributed by atoms with Gasteiger partial charge in [0.1, 0.15) is 90.3 Å². The van der Waals surface area contributed by atoms with Gasteiger partial charge in [-0.3, -0.25) is 86.9 Å². The maximum atomic E-state index is 15.7. The maximum absolute atomic E-state index is 15.7. The van der Waals surface area contributed by atoms with E-state index in [0.29, 0.717) is 45.8 Å². The second-order valence-corrected chi connectivity index (χ2v) is 36.0. The fraction of sp³-hybridized carbons (Fsp3) is 0.506. The predicted octanol–water partition coefficient (Wildman–Crippen LogP) is -4.69. The van der Waals surface area contributed by atoms with Crippen molar-refractivity contribution in [1.29, 1.82) is 5.41 Å². The van der Waals surface area contributed by atoms with Gasteiger partial charge in [-0.2, -0.15) is 11.8 Å². The molecule has 6 aromatic rings. The molecule has 6 heterocycles. The monoisotopic (exact) mass is 1920 g/mol. The number of phenolic OH excluding ortho intramolecular Hbond substituents is 1. The summed E-state index contributed by atoms with van der Waals surface area (Å²) in [6.45, 7) is -0.664. The Morgan fingerprint density at radius 2 is 1.18 bits per heavy atom. The number of aliphatic hydroxyl groups excluding tert-OH is 3. The summed E-state index contributed by atoms with van der Waals surface area (Å²) in [4.78, 5) is 264. The number of primary amides is 2. The van der Waals surface area contributed by atoms with Crippen molar-refractivity contribution < 1.29 is 102 Å². The molecule has 0 spiro atoms. The lowest BCUT2D eigenvalue weighted by molar-refractivity contribution is -0.149. The largest absolute Gasteiger partial charge is 0.508 e. The molecule has 3 aliphatic rings. The summed E-state index contributed by atoms with van der Waals surface area (Å²) < 4.78 is 0.798. The number of benzene rings is 3. The number of aromatic nitrogens is 3. The standard InChI is InChI=1S/C87H119N23O21S3/c1-7-8-19-67-86(131)107(4)65(26-29-132-6)79(124)98-56(18-13-27-93-87(90)91)75(120)105-64(74(119)95-38-71(89)116)43-133-44-72(117)97-59(30-47-22-24-51(113)25-23-47)82(127)106(3)46(2)73(118)101-61(35-70(88)115)84(129)109-28-14-20-66(109)80(125)100-58(33-50-37-92-45-96-50)77(122)104-63(41-112)85(130)110-39-52(114)34-68(110)81(126)99-57(31-48-36-94-55-17-11-9-15-53(48)55)76(121)103-62(40-111)78(123)102-60(83(128)108(67)5)32-49-42-134-69-21-12-10-16-54(49)69/h9-12,15-17,21-25,36-37,42,45-46,52,56-68,94,111-114H,7-8,13-14,18-20,26-35,38-41,43-44H2,1-6H3,(H2,88,115)(H2,89,116)(H,92,96)(H,95,119)(H,97,117)(H,98,124)(H,99,126)(H,100,125)(H,101,118)(H,102,123)(H,103,121)(H,104,122)(H,105,120)(H4,90,91,93)/t46-,52+,56-,57-,58-,59-,60-,61-,62-,63-,64?,65-,66-,67-,68?/m0/s1. The van der Waals surface area contributed by atoms with E-state index in [1.165, 1.54) is 88.0 Å². The van der Waals surface area contributed by atoms with Gasteiger partial charge in [-0.1, -0.05) is 68.3 Å². The number of hydrogen-bond acceptors (Lipinski definition) is 26. The van der Waals surface area contributed by atoms with Crippen LogP contribution in [-0.4, -0.2) is 341 Å². The van der Waals surface area contributed by atoms with E-state index >= 15 is 28.8 Å². The van der Waals surface area contributed by atoms with Gasteiger partial charge in [0.25, 0.3) is 0 Å². The summed E-state index contributed by atoms with van der Waals surface area (Å²) in [5, 5.41) is 83.0. The van der Waals surface area contributed by atoms with Gasteiger partial charge in [-0.25, -0.2) is 4.98 Å². The zero-order valence-corrected chi connectivity index (χ0v) is 77.5. The number of nitrogens with one attached hydrogen (secondary N) is 14. The summed E-state index contributed by atoms with van der Waals surface area (Å²) >= 11 is 3.39. The number of guanidine groups is 1. The van der Waals surface area contributed by atoms with Crippen molar-refractivity contribution in [3.8, 4) is 5.75 Å².